The molecule has 8 nitrogen and oxygen atoms in total. The molecular formula is C20H18F3N3O5. The Bertz CT molecular complexity index is 1120. The van der Waals surface area contributed by atoms with Gasteiger partial charge < -0.3 is 19.0 Å². The van der Waals surface area contributed by atoms with Gasteiger partial charge in [-0.05, 0) is 38.5 Å². The SMILES string of the molecule is CCOC(=O)c1c(C)[nH]c(C(=O)OCc2nc(-c3cccc(C(F)(F)F)c3)no2)c1C. The average Bonchev–Trinajstić information content (AvgIpc) is 3.30. The highest BCUT2D eigenvalue weighted by atomic mass is 19.4. The van der Waals surface area contributed by atoms with E-state index in [1.165, 1.54) is 12.1 Å². The lowest BCUT2D eigenvalue weighted by atomic mass is 10.1. The highest BCUT2D eigenvalue weighted by Crippen LogP contribution is 2.31. The Morgan fingerprint density at radius 2 is 1.90 bits per heavy atom. The fourth-order valence-corrected chi connectivity index (χ4v) is 2.93. The summed E-state index contributed by atoms with van der Waals surface area (Å²) in [6.07, 6.45) is -4.51. The summed E-state index contributed by atoms with van der Waals surface area (Å²) in [5.74, 6) is -1.51. The molecule has 0 saturated carbocycles. The lowest BCUT2D eigenvalue weighted by molar-refractivity contribution is -0.137. The van der Waals surface area contributed by atoms with Gasteiger partial charge in [0.25, 0.3) is 5.89 Å². The maximum Gasteiger partial charge on any atom is 0.416 e. The number of hydrogen-bond acceptors (Lipinski definition) is 7. The average molecular weight is 437 g/mol. The first-order valence-corrected chi connectivity index (χ1v) is 9.15. The molecular weight excluding hydrogens is 419 g/mol. The first kappa shape index (κ1) is 22.1. The number of H-pyrrole nitrogens is 1. The third-order valence-electron chi connectivity index (χ3n) is 4.36. The van der Waals surface area contributed by atoms with Crippen LogP contribution in [0.25, 0.3) is 11.4 Å². The Balaban J connectivity index is 1.71. The number of benzene rings is 1. The van der Waals surface area contributed by atoms with Gasteiger partial charge >= 0.3 is 18.1 Å². The van der Waals surface area contributed by atoms with E-state index in [0.717, 1.165) is 12.1 Å². The van der Waals surface area contributed by atoms with E-state index in [1.54, 1.807) is 20.8 Å². The molecule has 0 unspecified atom stereocenters. The first-order valence-electron chi connectivity index (χ1n) is 9.15. The lowest BCUT2D eigenvalue weighted by Crippen LogP contribution is -2.09. The molecule has 164 valence electrons. The van der Waals surface area contributed by atoms with Gasteiger partial charge in [-0.1, -0.05) is 17.3 Å². The van der Waals surface area contributed by atoms with Crippen molar-refractivity contribution >= 4 is 11.9 Å². The molecule has 2 aromatic heterocycles. The number of esters is 2. The van der Waals surface area contributed by atoms with E-state index >= 15 is 0 Å². The molecule has 0 aliphatic carbocycles. The number of ether oxygens (including phenoxy) is 2. The van der Waals surface area contributed by atoms with E-state index in [0.29, 0.717) is 11.3 Å². The summed E-state index contributed by atoms with van der Waals surface area (Å²) >= 11 is 0. The third-order valence-corrected chi connectivity index (χ3v) is 4.36. The minimum absolute atomic E-state index is 0.0678. The van der Waals surface area contributed by atoms with Crippen LogP contribution in [0.15, 0.2) is 28.8 Å². The summed E-state index contributed by atoms with van der Waals surface area (Å²) in [5.41, 5.74) is 0.393. The van der Waals surface area contributed by atoms with Crippen LogP contribution in [0.3, 0.4) is 0 Å². The number of carbonyl (C=O) groups excluding carboxylic acids is 2. The zero-order chi connectivity index (χ0) is 22.8. The number of halogens is 3. The molecule has 0 amide bonds. The zero-order valence-corrected chi connectivity index (χ0v) is 16.8. The number of aromatic amines is 1. The van der Waals surface area contributed by atoms with Crippen LogP contribution in [-0.4, -0.2) is 33.7 Å². The van der Waals surface area contributed by atoms with Crippen molar-refractivity contribution in [1.29, 1.82) is 0 Å². The summed E-state index contributed by atoms with van der Waals surface area (Å²) in [5, 5.41) is 3.63. The van der Waals surface area contributed by atoms with Crippen LogP contribution in [0, 0.1) is 13.8 Å². The molecule has 31 heavy (non-hydrogen) atoms. The van der Waals surface area contributed by atoms with E-state index in [2.05, 4.69) is 15.1 Å². The van der Waals surface area contributed by atoms with Crippen LogP contribution in [0.2, 0.25) is 0 Å². The summed E-state index contributed by atoms with van der Waals surface area (Å²) in [4.78, 5) is 31.2. The fourth-order valence-electron chi connectivity index (χ4n) is 2.93. The maximum absolute atomic E-state index is 12.9. The van der Waals surface area contributed by atoms with Crippen molar-refractivity contribution < 1.29 is 36.8 Å². The first-order chi connectivity index (χ1) is 14.6. The maximum atomic E-state index is 12.9. The van der Waals surface area contributed by atoms with Crippen molar-refractivity contribution in [3.8, 4) is 11.4 Å². The van der Waals surface area contributed by atoms with Crippen LogP contribution < -0.4 is 0 Å². The van der Waals surface area contributed by atoms with Crippen molar-refractivity contribution in [2.75, 3.05) is 6.61 Å². The van der Waals surface area contributed by atoms with E-state index in [9.17, 15) is 22.8 Å². The van der Waals surface area contributed by atoms with E-state index in [-0.39, 0.29) is 35.1 Å². The molecule has 0 spiro atoms. The molecule has 3 rings (SSSR count). The van der Waals surface area contributed by atoms with Crippen LogP contribution in [0.4, 0.5) is 13.2 Å². The Kier molecular flexibility index (Phi) is 6.14. The zero-order valence-electron chi connectivity index (χ0n) is 16.8. The molecule has 0 aliphatic rings. The van der Waals surface area contributed by atoms with Crippen molar-refractivity contribution in [2.45, 2.75) is 33.6 Å². The van der Waals surface area contributed by atoms with Gasteiger partial charge in [0.2, 0.25) is 5.82 Å². The Morgan fingerprint density at radius 1 is 1.16 bits per heavy atom. The largest absolute Gasteiger partial charge is 0.462 e. The molecule has 1 aromatic carbocycles. The molecule has 11 heteroatoms. The second-order valence-corrected chi connectivity index (χ2v) is 6.51. The van der Waals surface area contributed by atoms with Gasteiger partial charge in [-0.15, -0.1) is 0 Å². The Labute approximate surface area is 174 Å². The quantitative estimate of drug-likeness (QED) is 0.575. The number of aryl methyl sites for hydroxylation is 1. The molecule has 0 saturated heterocycles. The van der Waals surface area contributed by atoms with Gasteiger partial charge in [-0.25, -0.2) is 9.59 Å². The lowest BCUT2D eigenvalue weighted by Gasteiger charge is -2.06. The summed E-state index contributed by atoms with van der Waals surface area (Å²) in [7, 11) is 0. The summed E-state index contributed by atoms with van der Waals surface area (Å²) < 4.78 is 53.6. The van der Waals surface area contributed by atoms with Crippen LogP contribution in [0.5, 0.6) is 0 Å². The second-order valence-electron chi connectivity index (χ2n) is 6.51. The van der Waals surface area contributed by atoms with Crippen LogP contribution >= 0.6 is 0 Å². The highest BCUT2D eigenvalue weighted by molar-refractivity contribution is 5.98. The molecule has 1 N–H and O–H groups in total. The molecule has 0 bridgehead atoms. The van der Waals surface area contributed by atoms with E-state index in [4.69, 9.17) is 14.0 Å². The van der Waals surface area contributed by atoms with Gasteiger partial charge in [0.05, 0.1) is 17.7 Å². The summed E-state index contributed by atoms with van der Waals surface area (Å²) in [6.45, 7) is 4.65. The van der Waals surface area contributed by atoms with Gasteiger partial charge in [-0.3, -0.25) is 0 Å². The second kappa shape index (κ2) is 8.62. The van der Waals surface area contributed by atoms with E-state index < -0.39 is 30.3 Å². The van der Waals surface area contributed by atoms with Gasteiger partial charge in [0, 0.05) is 11.3 Å². The number of alkyl halides is 3. The fraction of sp³-hybridized carbons (Fsp3) is 0.300. The van der Waals surface area contributed by atoms with Gasteiger partial charge in [0.15, 0.2) is 6.61 Å². The van der Waals surface area contributed by atoms with Crippen molar-refractivity contribution in [1.82, 2.24) is 15.1 Å². The number of nitrogens with zero attached hydrogens (tertiary/aromatic N) is 2. The molecule has 2 heterocycles. The predicted molar refractivity (Wildman–Crippen MR) is 100 cm³/mol. The number of aromatic nitrogens is 3. The van der Waals surface area contributed by atoms with Crippen molar-refractivity contribution in [2.24, 2.45) is 0 Å². The summed E-state index contributed by atoms with van der Waals surface area (Å²) in [6, 6.07) is 4.45. The minimum atomic E-state index is -4.51. The van der Waals surface area contributed by atoms with Crippen molar-refractivity contribution in [3.63, 3.8) is 0 Å². The topological polar surface area (TPSA) is 107 Å². The monoisotopic (exact) mass is 437 g/mol. The van der Waals surface area contributed by atoms with E-state index in [1.807, 2.05) is 0 Å². The highest BCUT2D eigenvalue weighted by Gasteiger charge is 2.31. The number of nitrogens with one attached hydrogen (secondary N) is 1. The molecule has 3 aromatic rings. The number of hydrogen-bond donors (Lipinski definition) is 1. The standard InChI is InChI=1S/C20H18F3N3O5/c1-4-29-18(27)15-10(2)16(24-11(15)3)19(28)30-9-14-25-17(26-31-14)12-6-5-7-13(8-12)20(21,22)23/h5-8,24H,4,9H2,1-3H3. The van der Waals surface area contributed by atoms with Gasteiger partial charge in [0.1, 0.15) is 5.69 Å². The number of carbonyl (C=O) groups is 2. The molecule has 0 atom stereocenters. The smallest absolute Gasteiger partial charge is 0.416 e. The van der Waals surface area contributed by atoms with Crippen LogP contribution in [0.1, 0.15) is 50.5 Å². The Hall–Kier alpha value is -3.63. The molecule has 0 aliphatic heterocycles. The molecule has 0 fully saturated rings. The molecule has 0 radical (unpaired) electrons. The predicted octanol–water partition coefficient (Wildman–Crippen LogP) is 4.23. The van der Waals surface area contributed by atoms with Gasteiger partial charge in [-0.2, -0.15) is 18.2 Å². The normalized spacial score (nSPS) is 11.4. The minimum Gasteiger partial charge on any atom is -0.462 e. The third kappa shape index (κ3) is 4.76. The van der Waals surface area contributed by atoms with Crippen molar-refractivity contribution in [3.05, 3.63) is 58.2 Å². The Morgan fingerprint density at radius 3 is 2.58 bits per heavy atom. The van der Waals surface area contributed by atoms with Crippen LogP contribution in [-0.2, 0) is 22.3 Å². The number of rotatable bonds is 6.